The molecule has 5 heteroatoms. The SMILES string of the molecule is CC(C)c1ccc(COc2ccc(-c3c(-c4ccncc4)nn4c3CN(C)CC4)cc2)cc1. The quantitative estimate of drug-likeness (QED) is 0.384. The van der Waals surface area contributed by atoms with Crippen LogP contribution in [0.5, 0.6) is 5.75 Å². The number of ether oxygens (including phenoxy) is 1. The van der Waals surface area contributed by atoms with Gasteiger partial charge in [0.2, 0.25) is 0 Å². The Kier molecular flexibility index (Phi) is 5.97. The second-order valence-electron chi connectivity index (χ2n) is 9.08. The normalized spacial score (nSPS) is 13.8. The fourth-order valence-corrected chi connectivity index (χ4v) is 4.34. The molecule has 0 N–H and O–H groups in total. The lowest BCUT2D eigenvalue weighted by molar-refractivity contribution is 0.259. The molecular weight excluding hydrogens is 408 g/mol. The third-order valence-corrected chi connectivity index (χ3v) is 6.32. The van der Waals surface area contributed by atoms with E-state index in [-0.39, 0.29) is 0 Å². The Balaban J connectivity index is 1.40. The molecule has 0 amide bonds. The van der Waals surface area contributed by atoms with E-state index in [2.05, 4.69) is 84.0 Å². The molecule has 0 radical (unpaired) electrons. The first-order valence-corrected chi connectivity index (χ1v) is 11.6. The summed E-state index contributed by atoms with van der Waals surface area (Å²) in [5.41, 5.74) is 8.25. The van der Waals surface area contributed by atoms with Gasteiger partial charge < -0.3 is 4.74 Å². The molecule has 0 unspecified atom stereocenters. The van der Waals surface area contributed by atoms with E-state index in [0.717, 1.165) is 42.2 Å². The molecule has 1 aliphatic rings. The summed E-state index contributed by atoms with van der Waals surface area (Å²) in [6.45, 7) is 7.79. The molecule has 4 aromatic rings. The maximum Gasteiger partial charge on any atom is 0.119 e. The lowest BCUT2D eigenvalue weighted by atomic mass is 9.98. The molecular formula is C28H30N4O. The van der Waals surface area contributed by atoms with Crippen molar-refractivity contribution in [1.82, 2.24) is 19.7 Å². The van der Waals surface area contributed by atoms with E-state index in [1.807, 2.05) is 24.5 Å². The zero-order valence-corrected chi connectivity index (χ0v) is 19.5. The van der Waals surface area contributed by atoms with Crippen molar-refractivity contribution in [2.45, 2.75) is 39.5 Å². The Morgan fingerprint density at radius 1 is 0.879 bits per heavy atom. The van der Waals surface area contributed by atoms with E-state index in [1.54, 1.807) is 0 Å². The van der Waals surface area contributed by atoms with E-state index in [4.69, 9.17) is 9.84 Å². The first kappa shape index (κ1) is 21.4. The highest BCUT2D eigenvalue weighted by molar-refractivity contribution is 5.83. The molecule has 3 heterocycles. The predicted molar refractivity (Wildman–Crippen MR) is 132 cm³/mol. The van der Waals surface area contributed by atoms with Crippen LogP contribution in [0.4, 0.5) is 0 Å². The Morgan fingerprint density at radius 2 is 1.61 bits per heavy atom. The largest absolute Gasteiger partial charge is 0.489 e. The van der Waals surface area contributed by atoms with Crippen LogP contribution >= 0.6 is 0 Å². The van der Waals surface area contributed by atoms with Gasteiger partial charge in [0.15, 0.2) is 0 Å². The summed E-state index contributed by atoms with van der Waals surface area (Å²) >= 11 is 0. The van der Waals surface area contributed by atoms with Gasteiger partial charge in [-0.05, 0) is 53.9 Å². The number of rotatable bonds is 6. The average molecular weight is 439 g/mol. The molecule has 168 valence electrons. The minimum atomic E-state index is 0.541. The van der Waals surface area contributed by atoms with Gasteiger partial charge >= 0.3 is 0 Å². The first-order chi connectivity index (χ1) is 16.1. The van der Waals surface area contributed by atoms with Gasteiger partial charge in [0, 0.05) is 36.6 Å². The Morgan fingerprint density at radius 3 is 2.30 bits per heavy atom. The van der Waals surface area contributed by atoms with Crippen molar-refractivity contribution in [2.75, 3.05) is 13.6 Å². The number of benzene rings is 2. The van der Waals surface area contributed by atoms with Crippen molar-refractivity contribution < 1.29 is 4.74 Å². The standard InChI is InChI=1S/C28H30N4O/c1-20(2)22-6-4-21(5-7-22)19-33-25-10-8-23(9-11-25)27-26-18-31(3)16-17-32(26)30-28(27)24-12-14-29-15-13-24/h4-15,20H,16-19H2,1-3H3. The molecule has 2 aromatic heterocycles. The molecule has 5 nitrogen and oxygen atoms in total. The number of likely N-dealkylation sites (N-methyl/N-ethyl adjacent to an activating group) is 1. The number of hydrogen-bond donors (Lipinski definition) is 0. The van der Waals surface area contributed by atoms with Crippen molar-refractivity contribution in [1.29, 1.82) is 0 Å². The second-order valence-corrected chi connectivity index (χ2v) is 9.08. The van der Waals surface area contributed by atoms with E-state index < -0.39 is 0 Å². The molecule has 0 fully saturated rings. The Hall–Kier alpha value is -3.44. The lowest BCUT2D eigenvalue weighted by Crippen LogP contribution is -2.30. The van der Waals surface area contributed by atoms with Gasteiger partial charge in [-0.2, -0.15) is 5.10 Å². The molecule has 2 aromatic carbocycles. The highest BCUT2D eigenvalue weighted by Crippen LogP contribution is 2.36. The van der Waals surface area contributed by atoms with Crippen molar-refractivity contribution in [2.24, 2.45) is 0 Å². The van der Waals surface area contributed by atoms with Crippen molar-refractivity contribution in [3.63, 3.8) is 0 Å². The minimum Gasteiger partial charge on any atom is -0.489 e. The summed E-state index contributed by atoms with van der Waals surface area (Å²) in [6.07, 6.45) is 3.66. The lowest BCUT2D eigenvalue weighted by Gasteiger charge is -2.24. The monoisotopic (exact) mass is 438 g/mol. The topological polar surface area (TPSA) is 43.2 Å². The fraction of sp³-hybridized carbons (Fsp3) is 0.286. The third kappa shape index (κ3) is 4.55. The summed E-state index contributed by atoms with van der Waals surface area (Å²) in [6, 6.07) is 21.2. The van der Waals surface area contributed by atoms with E-state index >= 15 is 0 Å². The van der Waals surface area contributed by atoms with Crippen LogP contribution in [0.15, 0.2) is 73.1 Å². The van der Waals surface area contributed by atoms with Crippen LogP contribution in [-0.4, -0.2) is 33.3 Å². The number of hydrogen-bond acceptors (Lipinski definition) is 4. The fourth-order valence-electron chi connectivity index (χ4n) is 4.34. The molecule has 0 saturated carbocycles. The van der Waals surface area contributed by atoms with Gasteiger partial charge in [0.05, 0.1) is 12.2 Å². The van der Waals surface area contributed by atoms with Crippen molar-refractivity contribution in [3.05, 3.63) is 89.9 Å². The highest BCUT2D eigenvalue weighted by atomic mass is 16.5. The number of pyridine rings is 1. The number of aromatic nitrogens is 3. The number of nitrogens with zero attached hydrogens (tertiary/aromatic N) is 4. The summed E-state index contributed by atoms with van der Waals surface area (Å²) < 4.78 is 8.24. The second kappa shape index (κ2) is 9.20. The molecule has 0 saturated heterocycles. The van der Waals surface area contributed by atoms with Crippen LogP contribution in [0.2, 0.25) is 0 Å². The van der Waals surface area contributed by atoms with E-state index in [1.165, 1.54) is 22.4 Å². The molecule has 0 atom stereocenters. The van der Waals surface area contributed by atoms with Gasteiger partial charge in [0.1, 0.15) is 18.1 Å². The maximum atomic E-state index is 6.07. The minimum absolute atomic E-state index is 0.541. The molecule has 33 heavy (non-hydrogen) atoms. The summed E-state index contributed by atoms with van der Waals surface area (Å²) in [5, 5.41) is 4.98. The summed E-state index contributed by atoms with van der Waals surface area (Å²) in [5.74, 6) is 1.41. The van der Waals surface area contributed by atoms with Crippen LogP contribution in [0.3, 0.4) is 0 Å². The predicted octanol–water partition coefficient (Wildman–Crippen LogP) is 5.76. The Bertz CT molecular complexity index is 1210. The molecule has 0 spiro atoms. The van der Waals surface area contributed by atoms with Crippen molar-refractivity contribution >= 4 is 0 Å². The molecule has 0 aliphatic carbocycles. The number of fused-ring (bicyclic) bond motifs is 1. The smallest absolute Gasteiger partial charge is 0.119 e. The summed E-state index contributed by atoms with van der Waals surface area (Å²) in [4.78, 5) is 6.52. The van der Waals surface area contributed by atoms with E-state index in [0.29, 0.717) is 12.5 Å². The first-order valence-electron chi connectivity index (χ1n) is 11.6. The molecule has 1 aliphatic heterocycles. The maximum absolute atomic E-state index is 6.07. The molecule has 5 rings (SSSR count). The average Bonchev–Trinajstić information content (AvgIpc) is 3.22. The van der Waals surface area contributed by atoms with Gasteiger partial charge in [-0.15, -0.1) is 0 Å². The van der Waals surface area contributed by atoms with Gasteiger partial charge in [-0.3, -0.25) is 14.6 Å². The van der Waals surface area contributed by atoms with Crippen LogP contribution in [-0.2, 0) is 19.7 Å². The zero-order chi connectivity index (χ0) is 22.8. The van der Waals surface area contributed by atoms with Crippen LogP contribution < -0.4 is 4.74 Å². The zero-order valence-electron chi connectivity index (χ0n) is 19.5. The van der Waals surface area contributed by atoms with Crippen molar-refractivity contribution in [3.8, 4) is 28.1 Å². The van der Waals surface area contributed by atoms with Gasteiger partial charge in [-0.25, -0.2) is 0 Å². The highest BCUT2D eigenvalue weighted by Gasteiger charge is 2.24. The van der Waals surface area contributed by atoms with Crippen LogP contribution in [0, 0.1) is 0 Å². The van der Waals surface area contributed by atoms with Crippen LogP contribution in [0.1, 0.15) is 36.6 Å². The van der Waals surface area contributed by atoms with Gasteiger partial charge in [-0.1, -0.05) is 50.2 Å². The summed E-state index contributed by atoms with van der Waals surface area (Å²) in [7, 11) is 2.16. The molecule has 0 bridgehead atoms. The Labute approximate surface area is 195 Å². The third-order valence-electron chi connectivity index (χ3n) is 6.32. The van der Waals surface area contributed by atoms with Gasteiger partial charge in [0.25, 0.3) is 0 Å². The van der Waals surface area contributed by atoms with E-state index in [9.17, 15) is 0 Å². The van der Waals surface area contributed by atoms with Crippen LogP contribution in [0.25, 0.3) is 22.4 Å².